The Balaban J connectivity index is 1.76. The summed E-state index contributed by atoms with van der Waals surface area (Å²) in [5.41, 5.74) is -0.118. The number of anilines is 1. The monoisotopic (exact) mass is 478 g/mol. The number of fused-ring (bicyclic) bond motifs is 1. The van der Waals surface area contributed by atoms with Crippen molar-refractivity contribution in [2.45, 2.75) is 44.2 Å². The maximum atomic E-state index is 13.9. The number of benzene rings is 2. The Morgan fingerprint density at radius 1 is 1.06 bits per heavy atom. The fourth-order valence-electron chi connectivity index (χ4n) is 4.08. The Kier molecular flexibility index (Phi) is 6.10. The maximum absolute atomic E-state index is 13.9. The Hall–Kier alpha value is -3.05. The molecule has 176 valence electrons. The van der Waals surface area contributed by atoms with Crippen LogP contribution in [-0.2, 0) is 21.4 Å². The second kappa shape index (κ2) is 8.71. The summed E-state index contributed by atoms with van der Waals surface area (Å²) in [5, 5.41) is 2.27. The molecule has 11 heteroatoms. The molecule has 0 spiro atoms. The highest BCUT2D eigenvalue weighted by atomic mass is 32.2. The van der Waals surface area contributed by atoms with E-state index in [0.29, 0.717) is 18.6 Å². The minimum absolute atomic E-state index is 0.0307. The van der Waals surface area contributed by atoms with Crippen LogP contribution in [0.1, 0.15) is 32.7 Å². The van der Waals surface area contributed by atoms with Crippen molar-refractivity contribution in [3.63, 3.8) is 0 Å². The molecule has 1 aliphatic rings. The number of rotatable bonds is 6. The van der Waals surface area contributed by atoms with Crippen molar-refractivity contribution >= 4 is 32.7 Å². The quantitative estimate of drug-likeness (QED) is 0.589. The van der Waals surface area contributed by atoms with Crippen LogP contribution in [0, 0.1) is 11.6 Å². The summed E-state index contributed by atoms with van der Waals surface area (Å²) in [6.07, 6.45) is 1.57. The molecule has 0 radical (unpaired) electrons. The van der Waals surface area contributed by atoms with Gasteiger partial charge in [0, 0.05) is 25.2 Å². The summed E-state index contributed by atoms with van der Waals surface area (Å²) < 4.78 is 57.4. The molecule has 1 N–H and O–H groups in total. The van der Waals surface area contributed by atoms with Crippen LogP contribution in [0.5, 0.6) is 0 Å². The summed E-state index contributed by atoms with van der Waals surface area (Å²) in [5.74, 6) is -2.30. The van der Waals surface area contributed by atoms with E-state index in [9.17, 15) is 26.8 Å². The predicted octanol–water partition coefficient (Wildman–Crippen LogP) is 3.09. The molecule has 0 atom stereocenters. The zero-order chi connectivity index (χ0) is 23.9. The van der Waals surface area contributed by atoms with Gasteiger partial charge in [-0.25, -0.2) is 22.0 Å². The molecule has 8 nitrogen and oxygen atoms in total. The van der Waals surface area contributed by atoms with Gasteiger partial charge in [0.1, 0.15) is 18.2 Å². The van der Waals surface area contributed by atoms with Gasteiger partial charge in [0.2, 0.25) is 15.9 Å². The minimum Gasteiger partial charge on any atom is -0.322 e. The van der Waals surface area contributed by atoms with Crippen LogP contribution < -0.4 is 11.0 Å². The number of aromatic nitrogens is 2. The molecule has 0 saturated carbocycles. The minimum atomic E-state index is -3.74. The van der Waals surface area contributed by atoms with Crippen molar-refractivity contribution in [2.24, 2.45) is 0 Å². The fraction of sp³-hybridized carbons (Fsp3) is 0.364. The molecule has 2 heterocycles. The number of sulfonamides is 1. The number of nitrogens with one attached hydrogen (secondary N) is 1. The number of hydrogen-bond acceptors (Lipinski definition) is 4. The Morgan fingerprint density at radius 2 is 1.76 bits per heavy atom. The van der Waals surface area contributed by atoms with Gasteiger partial charge in [-0.3, -0.25) is 13.9 Å². The second-order valence-electron chi connectivity index (χ2n) is 8.27. The van der Waals surface area contributed by atoms with Gasteiger partial charge in [0.15, 0.2) is 0 Å². The highest BCUT2D eigenvalue weighted by Gasteiger charge is 2.28. The maximum Gasteiger partial charge on any atom is 0.329 e. The summed E-state index contributed by atoms with van der Waals surface area (Å²) in [6.45, 7) is 3.95. The highest BCUT2D eigenvalue weighted by Crippen LogP contribution is 2.26. The number of halogens is 2. The van der Waals surface area contributed by atoms with E-state index in [1.165, 1.54) is 21.0 Å². The van der Waals surface area contributed by atoms with Gasteiger partial charge in [0.25, 0.3) is 0 Å². The number of nitrogens with zero attached hydrogens (tertiary/aromatic N) is 3. The van der Waals surface area contributed by atoms with Gasteiger partial charge in [-0.1, -0.05) is 0 Å². The summed E-state index contributed by atoms with van der Waals surface area (Å²) in [6, 6.07) is 6.80. The van der Waals surface area contributed by atoms with E-state index in [1.807, 2.05) is 0 Å². The van der Waals surface area contributed by atoms with Crippen LogP contribution in [0.2, 0.25) is 0 Å². The Morgan fingerprint density at radius 3 is 2.42 bits per heavy atom. The van der Waals surface area contributed by atoms with E-state index in [0.717, 1.165) is 35.6 Å². The lowest BCUT2D eigenvalue weighted by Crippen LogP contribution is -2.30. The number of hydrogen-bond donors (Lipinski definition) is 1. The number of carbonyl (C=O) groups is 1. The molecule has 1 aliphatic heterocycles. The van der Waals surface area contributed by atoms with Crippen molar-refractivity contribution in [2.75, 3.05) is 18.4 Å². The van der Waals surface area contributed by atoms with E-state index >= 15 is 0 Å². The first-order valence-corrected chi connectivity index (χ1v) is 12.0. The lowest BCUT2D eigenvalue weighted by molar-refractivity contribution is -0.116. The average Bonchev–Trinajstić information content (AvgIpc) is 3.38. The standard InChI is InChI=1S/C22H24F2N4O4S/c1-14(2)28-19-8-6-16(33(31,32)26-9-3-4-10-26)12-20(19)27(22(28)30)13-21(29)25-18-11-15(23)5-7-17(18)24/h5-8,11-12,14H,3-4,9-10,13H2,1-2H3,(H,25,29). The Labute approximate surface area is 189 Å². The predicted molar refractivity (Wildman–Crippen MR) is 120 cm³/mol. The average molecular weight is 479 g/mol. The zero-order valence-electron chi connectivity index (χ0n) is 18.2. The first-order chi connectivity index (χ1) is 15.6. The van der Waals surface area contributed by atoms with Crippen molar-refractivity contribution in [3.05, 3.63) is 58.5 Å². The number of carbonyl (C=O) groups excluding carboxylic acids is 1. The van der Waals surface area contributed by atoms with E-state index in [1.54, 1.807) is 19.9 Å². The molecule has 0 aliphatic carbocycles. The molecular formula is C22H24F2N4O4S. The third-order valence-corrected chi connectivity index (χ3v) is 7.55. The summed E-state index contributed by atoms with van der Waals surface area (Å²) in [4.78, 5) is 25.8. The SMILES string of the molecule is CC(C)n1c(=O)n(CC(=O)Nc2cc(F)ccc2F)c2cc(S(=O)(=O)N3CCCC3)ccc21. The van der Waals surface area contributed by atoms with Crippen LogP contribution in [0.25, 0.3) is 11.0 Å². The lowest BCUT2D eigenvalue weighted by atomic mass is 10.3. The normalized spacial score (nSPS) is 14.9. The molecule has 3 aromatic rings. The van der Waals surface area contributed by atoms with Crippen LogP contribution in [0.3, 0.4) is 0 Å². The molecule has 1 aromatic heterocycles. The van der Waals surface area contributed by atoms with Crippen LogP contribution in [0.4, 0.5) is 14.5 Å². The second-order valence-corrected chi connectivity index (χ2v) is 10.2. The first-order valence-electron chi connectivity index (χ1n) is 10.6. The summed E-state index contributed by atoms with van der Waals surface area (Å²) >= 11 is 0. The van der Waals surface area contributed by atoms with Crippen LogP contribution in [0.15, 0.2) is 46.1 Å². The van der Waals surface area contributed by atoms with E-state index in [4.69, 9.17) is 0 Å². The van der Waals surface area contributed by atoms with Gasteiger partial charge in [-0.2, -0.15) is 4.31 Å². The molecule has 0 bridgehead atoms. The topological polar surface area (TPSA) is 93.4 Å². The molecule has 4 rings (SSSR count). The lowest BCUT2D eigenvalue weighted by Gasteiger charge is -2.16. The molecule has 33 heavy (non-hydrogen) atoms. The highest BCUT2D eigenvalue weighted by molar-refractivity contribution is 7.89. The molecule has 2 aromatic carbocycles. The van der Waals surface area contributed by atoms with E-state index in [-0.39, 0.29) is 22.1 Å². The zero-order valence-corrected chi connectivity index (χ0v) is 19.0. The van der Waals surface area contributed by atoms with Crippen molar-refractivity contribution < 1.29 is 22.0 Å². The third kappa shape index (κ3) is 4.30. The van der Waals surface area contributed by atoms with Gasteiger partial charge in [0.05, 0.1) is 21.6 Å². The van der Waals surface area contributed by atoms with Crippen molar-refractivity contribution in [3.8, 4) is 0 Å². The van der Waals surface area contributed by atoms with Gasteiger partial charge in [-0.15, -0.1) is 0 Å². The van der Waals surface area contributed by atoms with E-state index in [2.05, 4.69) is 5.32 Å². The number of imidazole rings is 1. The van der Waals surface area contributed by atoms with E-state index < -0.39 is 39.8 Å². The van der Waals surface area contributed by atoms with Gasteiger partial charge >= 0.3 is 5.69 Å². The fourth-order valence-corrected chi connectivity index (χ4v) is 5.61. The van der Waals surface area contributed by atoms with Crippen molar-refractivity contribution in [1.82, 2.24) is 13.4 Å². The smallest absolute Gasteiger partial charge is 0.322 e. The summed E-state index contributed by atoms with van der Waals surface area (Å²) in [7, 11) is -3.74. The number of amides is 1. The third-order valence-electron chi connectivity index (χ3n) is 5.66. The largest absolute Gasteiger partial charge is 0.329 e. The Bertz CT molecular complexity index is 1390. The molecule has 1 saturated heterocycles. The van der Waals surface area contributed by atoms with Gasteiger partial charge in [-0.05, 0) is 57.0 Å². The molecule has 1 fully saturated rings. The first kappa shape index (κ1) is 23.1. The molecular weight excluding hydrogens is 454 g/mol. The van der Waals surface area contributed by atoms with Crippen LogP contribution >= 0.6 is 0 Å². The molecule has 1 amide bonds. The van der Waals surface area contributed by atoms with Gasteiger partial charge < -0.3 is 5.32 Å². The van der Waals surface area contributed by atoms with Crippen molar-refractivity contribution in [1.29, 1.82) is 0 Å². The molecule has 0 unspecified atom stereocenters. The van der Waals surface area contributed by atoms with Crippen LogP contribution in [-0.4, -0.2) is 40.9 Å².